The van der Waals surface area contributed by atoms with Gasteiger partial charge in [0.05, 0.1) is 6.61 Å². The molecule has 26 heavy (non-hydrogen) atoms. The van der Waals surface area contributed by atoms with Crippen LogP contribution in [0.2, 0.25) is 0 Å². The zero-order valence-electron chi connectivity index (χ0n) is 16.0. The lowest BCUT2D eigenvalue weighted by Crippen LogP contribution is -2.24. The fourth-order valence-corrected chi connectivity index (χ4v) is 3.00. The summed E-state index contributed by atoms with van der Waals surface area (Å²) in [6.45, 7) is 7.43. The number of ether oxygens (including phenoxy) is 2. The van der Waals surface area contributed by atoms with Crippen molar-refractivity contribution in [2.24, 2.45) is 0 Å². The SMILES string of the molecule is CCCN(CCC)c1ccc(-c2cccc(OCCOC)c2C#N)cc1. The predicted molar refractivity (Wildman–Crippen MR) is 107 cm³/mol. The molecule has 0 aliphatic carbocycles. The average Bonchev–Trinajstić information content (AvgIpc) is 2.68. The maximum atomic E-state index is 9.63. The van der Waals surface area contributed by atoms with E-state index in [-0.39, 0.29) is 0 Å². The molecule has 0 unspecified atom stereocenters. The predicted octanol–water partition coefficient (Wildman–Crippen LogP) is 4.88. The molecular formula is C22H28N2O2. The van der Waals surface area contributed by atoms with Gasteiger partial charge in [-0.05, 0) is 36.6 Å². The molecule has 2 rings (SSSR count). The van der Waals surface area contributed by atoms with Crippen LogP contribution < -0.4 is 9.64 Å². The summed E-state index contributed by atoms with van der Waals surface area (Å²) in [5.41, 5.74) is 3.71. The van der Waals surface area contributed by atoms with Crippen LogP contribution in [0.4, 0.5) is 5.69 Å². The Morgan fingerprint density at radius 3 is 2.23 bits per heavy atom. The number of anilines is 1. The maximum absolute atomic E-state index is 9.63. The smallest absolute Gasteiger partial charge is 0.137 e. The molecular weight excluding hydrogens is 324 g/mol. The van der Waals surface area contributed by atoms with E-state index in [2.05, 4.69) is 49.1 Å². The minimum absolute atomic E-state index is 0.427. The van der Waals surface area contributed by atoms with Gasteiger partial charge in [-0.15, -0.1) is 0 Å². The van der Waals surface area contributed by atoms with Gasteiger partial charge >= 0.3 is 0 Å². The maximum Gasteiger partial charge on any atom is 0.137 e. The molecule has 4 heteroatoms. The number of benzene rings is 2. The standard InChI is InChI=1S/C22H28N2O2/c1-4-13-24(14-5-2)19-11-9-18(10-12-19)20-7-6-8-22(21(20)17-23)26-16-15-25-3/h6-12H,4-5,13-16H2,1-3H3. The molecule has 0 N–H and O–H groups in total. The summed E-state index contributed by atoms with van der Waals surface area (Å²) in [6.07, 6.45) is 2.25. The Bertz CT molecular complexity index is 714. The second-order valence-electron chi connectivity index (χ2n) is 6.17. The quantitative estimate of drug-likeness (QED) is 0.572. The number of rotatable bonds is 10. The molecule has 0 radical (unpaired) electrons. The molecule has 0 fully saturated rings. The first kappa shape index (κ1) is 19.8. The van der Waals surface area contributed by atoms with Crippen LogP contribution in [-0.2, 0) is 4.74 Å². The highest BCUT2D eigenvalue weighted by Gasteiger charge is 2.12. The van der Waals surface area contributed by atoms with Crippen LogP contribution in [0, 0.1) is 11.3 Å². The lowest BCUT2D eigenvalue weighted by atomic mass is 9.99. The van der Waals surface area contributed by atoms with Gasteiger partial charge in [-0.3, -0.25) is 0 Å². The Balaban J connectivity index is 2.28. The molecule has 0 aliphatic heterocycles. The number of methoxy groups -OCH3 is 1. The Labute approximate surface area is 157 Å². The molecule has 0 amide bonds. The van der Waals surface area contributed by atoms with Crippen molar-refractivity contribution in [1.82, 2.24) is 0 Å². The number of nitrogens with zero attached hydrogens (tertiary/aromatic N) is 2. The van der Waals surface area contributed by atoms with E-state index >= 15 is 0 Å². The van der Waals surface area contributed by atoms with Crippen LogP contribution in [-0.4, -0.2) is 33.4 Å². The van der Waals surface area contributed by atoms with Crippen LogP contribution in [0.5, 0.6) is 5.75 Å². The molecule has 0 atom stereocenters. The number of hydrogen-bond acceptors (Lipinski definition) is 4. The summed E-state index contributed by atoms with van der Waals surface area (Å²) >= 11 is 0. The van der Waals surface area contributed by atoms with Crippen molar-refractivity contribution in [3.63, 3.8) is 0 Å². The van der Waals surface area contributed by atoms with E-state index in [0.717, 1.165) is 37.1 Å². The second kappa shape index (κ2) is 10.5. The van der Waals surface area contributed by atoms with E-state index in [9.17, 15) is 5.26 Å². The zero-order chi connectivity index (χ0) is 18.8. The molecule has 4 nitrogen and oxygen atoms in total. The van der Waals surface area contributed by atoms with Gasteiger partial charge in [0, 0.05) is 31.5 Å². The topological polar surface area (TPSA) is 45.5 Å². The van der Waals surface area contributed by atoms with Gasteiger partial charge in [0.15, 0.2) is 0 Å². The van der Waals surface area contributed by atoms with Crippen LogP contribution in [0.3, 0.4) is 0 Å². The highest BCUT2D eigenvalue weighted by molar-refractivity contribution is 5.75. The van der Waals surface area contributed by atoms with Crippen LogP contribution in [0.1, 0.15) is 32.3 Å². The molecule has 0 bridgehead atoms. The van der Waals surface area contributed by atoms with E-state index in [1.807, 2.05) is 18.2 Å². The van der Waals surface area contributed by atoms with Crippen LogP contribution >= 0.6 is 0 Å². The van der Waals surface area contributed by atoms with Crippen molar-refractivity contribution in [3.05, 3.63) is 48.0 Å². The highest BCUT2D eigenvalue weighted by Crippen LogP contribution is 2.31. The number of nitriles is 1. The molecule has 0 saturated carbocycles. The molecule has 2 aromatic carbocycles. The fraction of sp³-hybridized carbons (Fsp3) is 0.409. The normalized spacial score (nSPS) is 10.4. The molecule has 0 aliphatic rings. The average molecular weight is 352 g/mol. The van der Waals surface area contributed by atoms with Gasteiger partial charge in [0.25, 0.3) is 0 Å². The Morgan fingerprint density at radius 1 is 0.962 bits per heavy atom. The Morgan fingerprint density at radius 2 is 1.65 bits per heavy atom. The van der Waals surface area contributed by atoms with E-state index in [0.29, 0.717) is 24.5 Å². The van der Waals surface area contributed by atoms with Gasteiger partial charge in [0.1, 0.15) is 24.0 Å². The summed E-state index contributed by atoms with van der Waals surface area (Å²) < 4.78 is 10.7. The van der Waals surface area contributed by atoms with Gasteiger partial charge in [-0.1, -0.05) is 38.1 Å². The third kappa shape index (κ3) is 5.00. The third-order valence-corrected chi connectivity index (χ3v) is 4.21. The minimum Gasteiger partial charge on any atom is -0.490 e. The van der Waals surface area contributed by atoms with Crippen LogP contribution in [0.25, 0.3) is 11.1 Å². The summed E-state index contributed by atoms with van der Waals surface area (Å²) in [4.78, 5) is 2.40. The van der Waals surface area contributed by atoms with Crippen molar-refractivity contribution in [2.75, 3.05) is 38.3 Å². The van der Waals surface area contributed by atoms with Crippen molar-refractivity contribution in [3.8, 4) is 22.9 Å². The largest absolute Gasteiger partial charge is 0.490 e. The highest BCUT2D eigenvalue weighted by atomic mass is 16.5. The summed E-state index contributed by atoms with van der Waals surface area (Å²) in [6, 6.07) is 16.5. The molecule has 0 heterocycles. The minimum atomic E-state index is 0.427. The van der Waals surface area contributed by atoms with E-state index < -0.39 is 0 Å². The van der Waals surface area contributed by atoms with Crippen molar-refractivity contribution >= 4 is 5.69 Å². The van der Waals surface area contributed by atoms with Crippen molar-refractivity contribution < 1.29 is 9.47 Å². The first-order valence-electron chi connectivity index (χ1n) is 9.25. The monoisotopic (exact) mass is 352 g/mol. The summed E-state index contributed by atoms with van der Waals surface area (Å²) in [7, 11) is 1.63. The summed E-state index contributed by atoms with van der Waals surface area (Å²) in [5, 5.41) is 9.63. The van der Waals surface area contributed by atoms with Gasteiger partial charge in [0.2, 0.25) is 0 Å². The van der Waals surface area contributed by atoms with Crippen molar-refractivity contribution in [2.45, 2.75) is 26.7 Å². The van der Waals surface area contributed by atoms with E-state index in [4.69, 9.17) is 9.47 Å². The van der Waals surface area contributed by atoms with Gasteiger partial charge in [-0.25, -0.2) is 0 Å². The fourth-order valence-electron chi connectivity index (χ4n) is 3.00. The zero-order valence-corrected chi connectivity index (χ0v) is 16.0. The lowest BCUT2D eigenvalue weighted by molar-refractivity contribution is 0.146. The number of hydrogen-bond donors (Lipinski definition) is 0. The third-order valence-electron chi connectivity index (χ3n) is 4.21. The molecule has 0 spiro atoms. The second-order valence-corrected chi connectivity index (χ2v) is 6.17. The molecule has 2 aromatic rings. The van der Waals surface area contributed by atoms with Crippen LogP contribution in [0.15, 0.2) is 42.5 Å². The van der Waals surface area contributed by atoms with Gasteiger partial charge in [-0.2, -0.15) is 5.26 Å². The molecule has 0 aromatic heterocycles. The molecule has 0 saturated heterocycles. The Hall–Kier alpha value is -2.51. The van der Waals surface area contributed by atoms with E-state index in [1.165, 1.54) is 5.69 Å². The van der Waals surface area contributed by atoms with Gasteiger partial charge < -0.3 is 14.4 Å². The summed E-state index contributed by atoms with van der Waals surface area (Å²) in [5.74, 6) is 0.602. The lowest BCUT2D eigenvalue weighted by Gasteiger charge is -2.24. The Kier molecular flexibility index (Phi) is 7.98. The van der Waals surface area contributed by atoms with E-state index in [1.54, 1.807) is 7.11 Å². The first-order valence-corrected chi connectivity index (χ1v) is 9.25. The first-order chi connectivity index (χ1) is 12.7. The molecule has 138 valence electrons. The van der Waals surface area contributed by atoms with Crippen molar-refractivity contribution in [1.29, 1.82) is 5.26 Å².